The van der Waals surface area contributed by atoms with Crippen LogP contribution in [0.4, 0.5) is 0 Å². The van der Waals surface area contributed by atoms with Crippen LogP contribution in [0, 0.1) is 12.8 Å². The SMILES string of the molecule is Cc1[nH]c2ccccc2c1CN(C)CC1CCNC1. The highest BCUT2D eigenvalue weighted by molar-refractivity contribution is 5.84. The highest BCUT2D eigenvalue weighted by Gasteiger charge is 2.17. The van der Waals surface area contributed by atoms with E-state index in [1.165, 1.54) is 48.2 Å². The molecule has 2 heterocycles. The molecule has 1 unspecified atom stereocenters. The van der Waals surface area contributed by atoms with E-state index in [0.717, 1.165) is 12.5 Å². The normalized spacial score (nSPS) is 19.6. The van der Waals surface area contributed by atoms with E-state index < -0.39 is 0 Å². The van der Waals surface area contributed by atoms with E-state index >= 15 is 0 Å². The highest BCUT2D eigenvalue weighted by atomic mass is 15.1. The number of hydrogen-bond donors (Lipinski definition) is 2. The topological polar surface area (TPSA) is 31.1 Å². The lowest BCUT2D eigenvalue weighted by Crippen LogP contribution is -2.26. The number of benzene rings is 1. The molecule has 1 aliphatic heterocycles. The van der Waals surface area contributed by atoms with Crippen molar-refractivity contribution in [2.24, 2.45) is 5.92 Å². The van der Waals surface area contributed by atoms with Crippen LogP contribution >= 0.6 is 0 Å². The summed E-state index contributed by atoms with van der Waals surface area (Å²) in [6.45, 7) is 6.76. The molecule has 1 fully saturated rings. The number of aryl methyl sites for hydroxylation is 1. The molecular weight excluding hydrogens is 234 g/mol. The van der Waals surface area contributed by atoms with Crippen molar-refractivity contribution in [2.75, 3.05) is 26.7 Å². The molecule has 1 aromatic carbocycles. The molecule has 3 nitrogen and oxygen atoms in total. The van der Waals surface area contributed by atoms with E-state index in [1.807, 2.05) is 0 Å². The Bertz CT molecular complexity index is 552. The Balaban J connectivity index is 1.75. The Morgan fingerprint density at radius 1 is 1.32 bits per heavy atom. The van der Waals surface area contributed by atoms with Gasteiger partial charge in [-0.3, -0.25) is 0 Å². The molecule has 0 saturated carbocycles. The van der Waals surface area contributed by atoms with Gasteiger partial charge in [0, 0.05) is 29.7 Å². The minimum absolute atomic E-state index is 0.815. The first kappa shape index (κ1) is 12.7. The molecule has 0 radical (unpaired) electrons. The average Bonchev–Trinajstić information content (AvgIpc) is 2.99. The lowest BCUT2D eigenvalue weighted by atomic mass is 10.1. The molecule has 3 rings (SSSR count). The number of fused-ring (bicyclic) bond motifs is 1. The zero-order chi connectivity index (χ0) is 13.2. The second-order valence-electron chi connectivity index (χ2n) is 5.83. The predicted octanol–water partition coefficient (Wildman–Crippen LogP) is 2.52. The second kappa shape index (κ2) is 5.35. The Hall–Kier alpha value is -1.32. The van der Waals surface area contributed by atoms with Gasteiger partial charge in [0.1, 0.15) is 0 Å². The first-order valence-corrected chi connectivity index (χ1v) is 7.19. The number of nitrogens with one attached hydrogen (secondary N) is 2. The number of hydrogen-bond acceptors (Lipinski definition) is 2. The van der Waals surface area contributed by atoms with Gasteiger partial charge in [-0.05, 0) is 51.0 Å². The van der Waals surface area contributed by atoms with E-state index in [0.29, 0.717) is 0 Å². The van der Waals surface area contributed by atoms with Crippen molar-refractivity contribution >= 4 is 10.9 Å². The van der Waals surface area contributed by atoms with Crippen LogP contribution in [0.1, 0.15) is 17.7 Å². The molecule has 2 aromatic rings. The van der Waals surface area contributed by atoms with Gasteiger partial charge < -0.3 is 15.2 Å². The van der Waals surface area contributed by atoms with Crippen molar-refractivity contribution < 1.29 is 0 Å². The van der Waals surface area contributed by atoms with Gasteiger partial charge in [0.25, 0.3) is 0 Å². The maximum Gasteiger partial charge on any atom is 0.0459 e. The Morgan fingerprint density at radius 3 is 2.95 bits per heavy atom. The van der Waals surface area contributed by atoms with Crippen molar-refractivity contribution in [1.82, 2.24) is 15.2 Å². The van der Waals surface area contributed by atoms with Crippen LogP contribution in [0.25, 0.3) is 10.9 Å². The van der Waals surface area contributed by atoms with Gasteiger partial charge in [-0.1, -0.05) is 18.2 Å². The summed E-state index contributed by atoms with van der Waals surface area (Å²) in [7, 11) is 2.24. The minimum Gasteiger partial charge on any atom is -0.358 e. The molecule has 0 spiro atoms. The van der Waals surface area contributed by atoms with Gasteiger partial charge in [0.2, 0.25) is 0 Å². The molecule has 3 heteroatoms. The smallest absolute Gasteiger partial charge is 0.0459 e. The zero-order valence-electron chi connectivity index (χ0n) is 11.9. The molecule has 1 aromatic heterocycles. The summed E-state index contributed by atoms with van der Waals surface area (Å²) >= 11 is 0. The van der Waals surface area contributed by atoms with Gasteiger partial charge in [-0.2, -0.15) is 0 Å². The van der Waals surface area contributed by atoms with Crippen LogP contribution in [0.3, 0.4) is 0 Å². The Morgan fingerprint density at radius 2 is 2.16 bits per heavy atom. The van der Waals surface area contributed by atoms with Crippen molar-refractivity contribution in [3.63, 3.8) is 0 Å². The van der Waals surface area contributed by atoms with Crippen LogP contribution in [0.5, 0.6) is 0 Å². The standard InChI is InChI=1S/C16H23N3/c1-12-15(14-5-3-4-6-16(14)18-12)11-19(2)10-13-7-8-17-9-13/h3-6,13,17-18H,7-11H2,1-2H3. The third kappa shape index (κ3) is 2.67. The summed E-state index contributed by atoms with van der Waals surface area (Å²) in [5.41, 5.74) is 4.01. The summed E-state index contributed by atoms with van der Waals surface area (Å²) in [4.78, 5) is 5.95. The molecule has 2 N–H and O–H groups in total. The summed E-state index contributed by atoms with van der Waals surface area (Å²) in [5.74, 6) is 0.815. The third-order valence-electron chi connectivity index (χ3n) is 4.19. The summed E-state index contributed by atoms with van der Waals surface area (Å²) in [5, 5.41) is 4.82. The maximum absolute atomic E-state index is 3.49. The number of rotatable bonds is 4. The first-order valence-electron chi connectivity index (χ1n) is 7.19. The molecule has 1 saturated heterocycles. The van der Waals surface area contributed by atoms with Crippen LogP contribution in [0.2, 0.25) is 0 Å². The largest absolute Gasteiger partial charge is 0.358 e. The molecule has 0 aliphatic carbocycles. The molecular formula is C16H23N3. The van der Waals surface area contributed by atoms with Crippen LogP contribution in [-0.2, 0) is 6.54 Å². The van der Waals surface area contributed by atoms with Crippen LogP contribution < -0.4 is 5.32 Å². The lowest BCUT2D eigenvalue weighted by molar-refractivity contribution is 0.279. The van der Waals surface area contributed by atoms with Gasteiger partial charge in [0.15, 0.2) is 0 Å². The van der Waals surface area contributed by atoms with Gasteiger partial charge in [-0.15, -0.1) is 0 Å². The van der Waals surface area contributed by atoms with E-state index in [1.54, 1.807) is 0 Å². The second-order valence-corrected chi connectivity index (χ2v) is 5.83. The van der Waals surface area contributed by atoms with Gasteiger partial charge >= 0.3 is 0 Å². The number of aromatic amines is 1. The van der Waals surface area contributed by atoms with Gasteiger partial charge in [0.05, 0.1) is 0 Å². The van der Waals surface area contributed by atoms with E-state index in [2.05, 4.69) is 53.4 Å². The highest BCUT2D eigenvalue weighted by Crippen LogP contribution is 2.23. The van der Waals surface area contributed by atoms with Gasteiger partial charge in [-0.25, -0.2) is 0 Å². The summed E-state index contributed by atoms with van der Waals surface area (Å²) in [6.07, 6.45) is 1.32. The first-order chi connectivity index (χ1) is 9.24. The number of H-pyrrole nitrogens is 1. The molecule has 102 valence electrons. The molecule has 19 heavy (non-hydrogen) atoms. The number of nitrogens with zero attached hydrogens (tertiary/aromatic N) is 1. The molecule has 0 amide bonds. The summed E-state index contributed by atoms with van der Waals surface area (Å²) < 4.78 is 0. The lowest BCUT2D eigenvalue weighted by Gasteiger charge is -2.20. The minimum atomic E-state index is 0.815. The molecule has 1 atom stereocenters. The third-order valence-corrected chi connectivity index (χ3v) is 4.19. The van der Waals surface area contributed by atoms with Crippen molar-refractivity contribution in [1.29, 1.82) is 0 Å². The fourth-order valence-corrected chi connectivity index (χ4v) is 3.18. The average molecular weight is 257 g/mol. The van der Waals surface area contributed by atoms with E-state index in [-0.39, 0.29) is 0 Å². The molecule has 1 aliphatic rings. The quantitative estimate of drug-likeness (QED) is 0.882. The fraction of sp³-hybridized carbons (Fsp3) is 0.500. The van der Waals surface area contributed by atoms with Crippen molar-refractivity contribution in [2.45, 2.75) is 19.9 Å². The Kier molecular flexibility index (Phi) is 3.58. The van der Waals surface area contributed by atoms with Crippen LogP contribution in [0.15, 0.2) is 24.3 Å². The van der Waals surface area contributed by atoms with Crippen molar-refractivity contribution in [3.05, 3.63) is 35.5 Å². The van der Waals surface area contributed by atoms with E-state index in [4.69, 9.17) is 0 Å². The monoisotopic (exact) mass is 257 g/mol. The van der Waals surface area contributed by atoms with E-state index in [9.17, 15) is 0 Å². The predicted molar refractivity (Wildman–Crippen MR) is 80.3 cm³/mol. The summed E-state index contributed by atoms with van der Waals surface area (Å²) in [6, 6.07) is 8.60. The Labute approximate surface area is 115 Å². The van der Waals surface area contributed by atoms with Crippen LogP contribution in [-0.4, -0.2) is 36.6 Å². The molecule has 0 bridgehead atoms. The maximum atomic E-state index is 3.49. The fourth-order valence-electron chi connectivity index (χ4n) is 3.18. The number of aromatic nitrogens is 1. The zero-order valence-corrected chi connectivity index (χ0v) is 11.9. The van der Waals surface area contributed by atoms with Crippen molar-refractivity contribution in [3.8, 4) is 0 Å². The number of para-hydroxylation sites is 1.